The van der Waals surface area contributed by atoms with Gasteiger partial charge in [-0.25, -0.2) is 0 Å². The molecule has 0 spiro atoms. The molecule has 1 unspecified atom stereocenters. The van der Waals surface area contributed by atoms with Gasteiger partial charge in [0.2, 0.25) is 0 Å². The van der Waals surface area contributed by atoms with Crippen LogP contribution in [-0.4, -0.2) is 44.0 Å². The van der Waals surface area contributed by atoms with E-state index < -0.39 is 10.9 Å². The van der Waals surface area contributed by atoms with Crippen LogP contribution in [0.4, 0.5) is 0 Å². The van der Waals surface area contributed by atoms with Crippen molar-refractivity contribution in [1.29, 1.82) is 0 Å². The molecule has 1 atom stereocenters. The van der Waals surface area contributed by atoms with Crippen molar-refractivity contribution >= 4 is 60.4 Å². The van der Waals surface area contributed by atoms with E-state index in [1.165, 1.54) is 6.07 Å². The van der Waals surface area contributed by atoms with Gasteiger partial charge in [0.15, 0.2) is 47.5 Å². The van der Waals surface area contributed by atoms with E-state index in [0.29, 0.717) is 57.3 Å². The van der Waals surface area contributed by atoms with Crippen LogP contribution < -0.4 is 0 Å². The highest BCUT2D eigenvalue weighted by Gasteiger charge is 2.41. The monoisotopic (exact) mass is 399 g/mol. The van der Waals surface area contributed by atoms with Crippen molar-refractivity contribution in [2.45, 2.75) is 19.6 Å². The molecule has 6 nitrogen and oxygen atoms in total. The van der Waals surface area contributed by atoms with Gasteiger partial charge in [0.1, 0.15) is 6.26 Å². The predicted molar refractivity (Wildman–Crippen MR) is 99.2 cm³/mol. The summed E-state index contributed by atoms with van der Waals surface area (Å²) in [6.45, 7) is 0. The highest BCUT2D eigenvalue weighted by molar-refractivity contribution is 8.03. The predicted octanol–water partition coefficient (Wildman–Crippen LogP) is 2.69. The second-order valence-electron chi connectivity index (χ2n) is 5.53. The van der Waals surface area contributed by atoms with Gasteiger partial charge in [-0.3, -0.25) is 28.8 Å². The Kier molecular flexibility index (Phi) is 5.20. The minimum absolute atomic E-state index is 0.0186. The summed E-state index contributed by atoms with van der Waals surface area (Å²) < 4.78 is 0. The zero-order chi connectivity index (χ0) is 19.7. The quantitative estimate of drug-likeness (QED) is 0.543. The molecule has 0 amide bonds. The second-order valence-corrected chi connectivity index (χ2v) is 8.42. The number of carbonyl (C=O) groups is 6. The van der Waals surface area contributed by atoms with Crippen LogP contribution in [0, 0.1) is 0 Å². The molecule has 2 aromatic carbocycles. The topological polar surface area (TPSA) is 102 Å². The number of hydrogen-bond donors (Lipinski definition) is 0. The maximum atomic E-state index is 11.8. The van der Waals surface area contributed by atoms with Gasteiger partial charge in [0.05, 0.1) is 31.8 Å². The van der Waals surface area contributed by atoms with Crippen molar-refractivity contribution in [3.05, 3.63) is 45.5 Å². The summed E-state index contributed by atoms with van der Waals surface area (Å²) in [6.07, 6.45) is 4.63. The van der Waals surface area contributed by atoms with Crippen LogP contribution in [0.1, 0.15) is 62.1 Å². The van der Waals surface area contributed by atoms with Gasteiger partial charge < -0.3 is 0 Å². The van der Waals surface area contributed by atoms with Crippen LogP contribution >= 0.6 is 11.8 Å². The first-order chi connectivity index (χ1) is 13.1. The smallest absolute Gasteiger partial charge is 0.186 e. The molecule has 0 saturated carbocycles. The van der Waals surface area contributed by atoms with E-state index in [9.17, 15) is 28.8 Å². The molecule has 0 fully saturated rings. The van der Waals surface area contributed by atoms with E-state index in [1.807, 2.05) is 0 Å². The fraction of sp³-hybridized carbons (Fsp3) is 0.0526. The highest BCUT2D eigenvalue weighted by Crippen LogP contribution is 2.49. The van der Waals surface area contributed by atoms with Crippen molar-refractivity contribution < 1.29 is 28.8 Å². The first kappa shape index (κ1) is 18.9. The van der Waals surface area contributed by atoms with Gasteiger partial charge in [-0.05, 0) is 12.1 Å². The van der Waals surface area contributed by atoms with Crippen LogP contribution in [0.2, 0.25) is 0 Å². The third kappa shape index (κ3) is 2.68. The molecule has 1 aliphatic heterocycles. The lowest BCUT2D eigenvalue weighted by Gasteiger charge is -2.22. The maximum Gasteiger partial charge on any atom is 0.186 e. The maximum absolute atomic E-state index is 11.8. The Bertz CT molecular complexity index is 1040. The van der Waals surface area contributed by atoms with Gasteiger partial charge in [0.25, 0.3) is 0 Å². The summed E-state index contributed by atoms with van der Waals surface area (Å²) in [4.78, 5) is 71.5. The number of carbonyl (C=O) groups excluding carboxylic acids is 6. The lowest BCUT2D eigenvalue weighted by Crippen LogP contribution is -2.19. The molecule has 0 bridgehead atoms. The van der Waals surface area contributed by atoms with Gasteiger partial charge in [-0.2, -0.15) is 0 Å². The Morgan fingerprint density at radius 2 is 1.22 bits per heavy atom. The summed E-state index contributed by atoms with van der Waals surface area (Å²) in [6, 6.07) is 3.17. The average molecular weight is 399 g/mol. The van der Waals surface area contributed by atoms with Gasteiger partial charge >= 0.3 is 0 Å². The largest absolute Gasteiger partial charge is 0.298 e. The zero-order valence-corrected chi connectivity index (χ0v) is 15.5. The Balaban J connectivity index is 2.47. The number of fused-ring (bicyclic) bond motifs is 2. The van der Waals surface area contributed by atoms with Crippen molar-refractivity contribution in [2.24, 2.45) is 0 Å². The molecule has 1 heterocycles. The van der Waals surface area contributed by atoms with Crippen molar-refractivity contribution in [3.8, 4) is 0 Å². The number of hydrogen-bond acceptors (Lipinski definition) is 7. The summed E-state index contributed by atoms with van der Waals surface area (Å²) in [5.41, 5.74) is 0.205. The van der Waals surface area contributed by atoms with Crippen molar-refractivity contribution in [3.63, 3.8) is 0 Å². The molecule has 0 aliphatic carbocycles. The fourth-order valence-electron chi connectivity index (χ4n) is 3.10. The van der Waals surface area contributed by atoms with Crippen molar-refractivity contribution in [2.75, 3.05) is 6.26 Å². The minimum Gasteiger partial charge on any atom is -0.298 e. The molecule has 8 heteroatoms. The third-order valence-corrected chi connectivity index (χ3v) is 7.84. The van der Waals surface area contributed by atoms with Crippen LogP contribution in [0.5, 0.6) is 0 Å². The molecule has 2 aromatic rings. The van der Waals surface area contributed by atoms with E-state index in [-0.39, 0.29) is 33.4 Å². The van der Waals surface area contributed by atoms with E-state index in [4.69, 9.17) is 0 Å². The Labute approximate surface area is 160 Å². The third-order valence-electron chi connectivity index (χ3n) is 4.30. The molecule has 0 N–H and O–H groups in total. The van der Waals surface area contributed by atoms with Gasteiger partial charge in [0, 0.05) is 22.3 Å². The summed E-state index contributed by atoms with van der Waals surface area (Å²) in [7, 11) is -0.885. The summed E-state index contributed by atoms with van der Waals surface area (Å²) >= 11 is 1.13. The summed E-state index contributed by atoms with van der Waals surface area (Å²) in [5, 5.41) is 0. The molecule has 0 radical (unpaired) electrons. The van der Waals surface area contributed by atoms with Crippen LogP contribution in [0.25, 0.3) is 0 Å². The highest BCUT2D eigenvalue weighted by atomic mass is 32.2. The number of aldehydes is 6. The first-order valence-electron chi connectivity index (χ1n) is 7.53. The molecule has 3 rings (SSSR count). The molecule has 0 saturated heterocycles. The molecule has 0 aromatic heterocycles. The second kappa shape index (κ2) is 7.42. The Morgan fingerprint density at radius 1 is 0.667 bits per heavy atom. The minimum atomic E-state index is -0.885. The molecular formula is C19H11O6S2+. The van der Waals surface area contributed by atoms with Crippen molar-refractivity contribution in [1.82, 2.24) is 0 Å². The van der Waals surface area contributed by atoms with E-state index >= 15 is 0 Å². The molecule has 134 valence electrons. The molecule has 27 heavy (non-hydrogen) atoms. The Morgan fingerprint density at radius 3 is 1.74 bits per heavy atom. The lowest BCUT2D eigenvalue weighted by molar-refractivity contribution is 0.107. The van der Waals surface area contributed by atoms with Crippen LogP contribution in [0.15, 0.2) is 31.7 Å². The number of benzene rings is 2. The lowest BCUT2D eigenvalue weighted by atomic mass is 9.98. The van der Waals surface area contributed by atoms with E-state index in [2.05, 4.69) is 0 Å². The normalized spacial score (nSPS) is 14.5. The summed E-state index contributed by atoms with van der Waals surface area (Å²) in [5.74, 6) is 0. The molecule has 1 aliphatic rings. The average Bonchev–Trinajstić information content (AvgIpc) is 2.70. The van der Waals surface area contributed by atoms with Gasteiger partial charge in [-0.15, -0.1) is 0 Å². The Hall–Kier alpha value is -2.84. The van der Waals surface area contributed by atoms with Crippen LogP contribution in [0.3, 0.4) is 0 Å². The fourth-order valence-corrected chi connectivity index (χ4v) is 7.08. The number of rotatable bonds is 6. The van der Waals surface area contributed by atoms with Crippen LogP contribution in [-0.2, 0) is 10.9 Å². The van der Waals surface area contributed by atoms with E-state index in [1.54, 1.807) is 12.3 Å². The standard InChI is InChI=1S/C19H11O6S2/c1-27-18-11(5-21)10(4-20)2-3-16(18)26-17-14(8-24)12(6-22)13(7-23)15(9-25)19(17)27/h2-9H,1H3/q+1. The zero-order valence-electron chi connectivity index (χ0n) is 13.9. The first-order valence-corrected chi connectivity index (χ1v) is 9.98. The molecular weight excluding hydrogens is 388 g/mol. The van der Waals surface area contributed by atoms with Gasteiger partial charge in [-0.1, -0.05) is 11.8 Å². The SMILES string of the molecule is C[S+]1c2c(ccc(C=O)c2C=O)Sc2c(C=O)c(C=O)c(C=O)c(C=O)c21. The van der Waals surface area contributed by atoms with E-state index in [0.717, 1.165) is 11.8 Å².